The first kappa shape index (κ1) is 27.2. The van der Waals surface area contributed by atoms with Crippen molar-refractivity contribution in [3.8, 4) is 5.75 Å². The molecule has 0 spiro atoms. The summed E-state index contributed by atoms with van der Waals surface area (Å²) in [5.41, 5.74) is -1.08. The van der Waals surface area contributed by atoms with Gasteiger partial charge in [0, 0.05) is 18.2 Å². The molecule has 1 saturated carbocycles. The first-order chi connectivity index (χ1) is 16.4. The molecule has 10 nitrogen and oxygen atoms in total. The maximum absolute atomic E-state index is 13.8. The molecule has 2 aromatic rings. The summed E-state index contributed by atoms with van der Waals surface area (Å²) in [5.74, 6) is -0.746. The quantitative estimate of drug-likeness (QED) is 0.258. The number of alkyl halides is 1. The highest BCUT2D eigenvalue weighted by molar-refractivity contribution is 7.52. The van der Waals surface area contributed by atoms with Gasteiger partial charge in [0.15, 0.2) is 0 Å². The summed E-state index contributed by atoms with van der Waals surface area (Å²) in [6.45, 7) is 8.76. The lowest BCUT2D eigenvalue weighted by Crippen LogP contribution is -2.40. The Morgan fingerprint density at radius 1 is 1.26 bits per heavy atom. The van der Waals surface area contributed by atoms with Crippen molar-refractivity contribution >= 4 is 25.3 Å². The van der Waals surface area contributed by atoms with Gasteiger partial charge in [-0.2, -0.15) is 5.09 Å². The van der Waals surface area contributed by atoms with Crippen LogP contribution in [0, 0.1) is 11.8 Å². The molecule has 0 amide bonds. The molecule has 3 unspecified atom stereocenters. The molecule has 0 radical (unpaired) electrons. The molecule has 7 atom stereocenters. The molecule has 192 valence electrons. The van der Waals surface area contributed by atoms with Gasteiger partial charge < -0.3 is 9.26 Å². The molecule has 35 heavy (non-hydrogen) atoms. The average Bonchev–Trinajstić information content (AvgIpc) is 3.42. The zero-order valence-electron chi connectivity index (χ0n) is 20.3. The van der Waals surface area contributed by atoms with Crippen LogP contribution in [0.4, 0.5) is 0 Å². The van der Waals surface area contributed by atoms with E-state index < -0.39 is 48.0 Å². The van der Waals surface area contributed by atoms with Gasteiger partial charge in [-0.1, -0.05) is 25.1 Å². The fourth-order valence-corrected chi connectivity index (χ4v) is 6.33. The van der Waals surface area contributed by atoms with E-state index >= 15 is 0 Å². The largest absolute Gasteiger partial charge is 0.465 e. The molecule has 1 aliphatic carbocycles. The summed E-state index contributed by atoms with van der Waals surface area (Å²) in [7, 11) is -4.06. The number of carbonyl (C=O) groups excluding carboxylic acids is 1. The Morgan fingerprint density at radius 2 is 1.91 bits per heavy atom. The molecule has 0 aliphatic heterocycles. The van der Waals surface area contributed by atoms with E-state index in [1.165, 1.54) is 23.8 Å². The SMILES string of the molecule is CCOC(=O)[C@@H](C)NP(=O)(Oc1ccccc1)OC1C([C@@](C)(Cl)[C@@H](C)n2ccc(=O)[nH]c2=O)[C@@H]1C. The predicted octanol–water partition coefficient (Wildman–Crippen LogP) is 3.47. The Balaban J connectivity index is 1.83. The number of aromatic amines is 1. The fourth-order valence-electron chi connectivity index (χ4n) is 4.12. The van der Waals surface area contributed by atoms with Gasteiger partial charge in [0.25, 0.3) is 5.56 Å². The molecule has 12 heteroatoms. The van der Waals surface area contributed by atoms with Gasteiger partial charge in [0.05, 0.1) is 23.6 Å². The van der Waals surface area contributed by atoms with Crippen molar-refractivity contribution in [3.63, 3.8) is 0 Å². The number of para-hydroxylation sites is 1. The smallest absolute Gasteiger partial charge is 0.459 e. The molecule has 1 fully saturated rings. The minimum absolute atomic E-state index is 0.134. The Labute approximate surface area is 208 Å². The van der Waals surface area contributed by atoms with Crippen molar-refractivity contribution in [2.45, 2.75) is 57.7 Å². The summed E-state index contributed by atoms with van der Waals surface area (Å²) in [5, 5.41) is 2.67. The lowest BCUT2D eigenvalue weighted by molar-refractivity contribution is -0.144. The standard InChI is InChI=1S/C23H31ClN3O7P/c1-6-32-21(29)15(3)26-35(31,33-17-10-8-7-9-11-17)34-20-14(2)19(20)23(5,24)16(4)27-13-12-18(28)25-22(27)30/h7-16,19-20H,6H2,1-5H3,(H,26,31)(H,25,28,30)/t14-,15+,16+,19?,20?,23-,35?/m0/s1. The third-order valence-corrected chi connectivity index (χ3v) is 8.50. The third kappa shape index (κ3) is 6.25. The molecule has 1 aromatic carbocycles. The van der Waals surface area contributed by atoms with Crippen LogP contribution in [0.25, 0.3) is 0 Å². The van der Waals surface area contributed by atoms with Crippen molar-refractivity contribution < 1.29 is 23.1 Å². The van der Waals surface area contributed by atoms with Gasteiger partial charge in [-0.05, 0) is 45.7 Å². The zero-order chi connectivity index (χ0) is 26.0. The van der Waals surface area contributed by atoms with Gasteiger partial charge in [0.2, 0.25) is 0 Å². The van der Waals surface area contributed by atoms with Gasteiger partial charge in [-0.15, -0.1) is 11.6 Å². The Bertz CT molecular complexity index is 1200. The normalized spacial score (nSPS) is 24.5. The number of ether oxygens (including phenoxy) is 1. The number of hydrogen-bond acceptors (Lipinski definition) is 7. The number of aromatic nitrogens is 2. The van der Waals surface area contributed by atoms with E-state index in [2.05, 4.69) is 10.1 Å². The number of nitrogens with one attached hydrogen (secondary N) is 2. The lowest BCUT2D eigenvalue weighted by atomic mass is 9.95. The molecule has 3 rings (SSSR count). The second-order valence-corrected chi connectivity index (χ2v) is 11.3. The Hall–Kier alpha value is -2.39. The Kier molecular flexibility index (Phi) is 8.32. The maximum Gasteiger partial charge on any atom is 0.459 e. The number of esters is 1. The molecular formula is C23H31ClN3O7P. The van der Waals surface area contributed by atoms with Crippen molar-refractivity contribution in [2.24, 2.45) is 11.8 Å². The van der Waals surface area contributed by atoms with Gasteiger partial charge in [0.1, 0.15) is 11.8 Å². The van der Waals surface area contributed by atoms with Crippen molar-refractivity contribution in [2.75, 3.05) is 6.61 Å². The second-order valence-electron chi connectivity index (χ2n) is 8.80. The summed E-state index contributed by atoms with van der Waals surface area (Å²) in [6, 6.07) is 8.22. The van der Waals surface area contributed by atoms with Crippen LogP contribution in [0.15, 0.2) is 52.2 Å². The summed E-state index contributed by atoms with van der Waals surface area (Å²) < 4.78 is 31.8. The predicted molar refractivity (Wildman–Crippen MR) is 132 cm³/mol. The highest BCUT2D eigenvalue weighted by Crippen LogP contribution is 2.60. The van der Waals surface area contributed by atoms with Gasteiger partial charge >= 0.3 is 19.4 Å². The van der Waals surface area contributed by atoms with Gasteiger partial charge in [-0.25, -0.2) is 9.36 Å². The van der Waals surface area contributed by atoms with Crippen LogP contribution in [0.5, 0.6) is 5.75 Å². The number of benzene rings is 1. The van der Waals surface area contributed by atoms with E-state index in [9.17, 15) is 18.9 Å². The average molecular weight is 528 g/mol. The van der Waals surface area contributed by atoms with Crippen LogP contribution in [0.1, 0.15) is 40.7 Å². The zero-order valence-corrected chi connectivity index (χ0v) is 21.9. The number of nitrogens with zero attached hydrogens (tertiary/aromatic N) is 1. The molecule has 0 saturated heterocycles. The molecule has 2 N–H and O–H groups in total. The minimum Gasteiger partial charge on any atom is -0.465 e. The summed E-state index contributed by atoms with van der Waals surface area (Å²) in [6.07, 6.45) is 0.802. The highest BCUT2D eigenvalue weighted by atomic mass is 35.5. The molecular weight excluding hydrogens is 497 g/mol. The topological polar surface area (TPSA) is 129 Å². The summed E-state index contributed by atoms with van der Waals surface area (Å²) >= 11 is 6.95. The molecule has 1 aromatic heterocycles. The molecule has 1 aliphatic rings. The van der Waals surface area contributed by atoms with Crippen molar-refractivity contribution in [1.29, 1.82) is 0 Å². The third-order valence-electron chi connectivity index (χ3n) is 6.26. The molecule has 0 bridgehead atoms. The van der Waals surface area contributed by atoms with Crippen LogP contribution in [0.2, 0.25) is 0 Å². The first-order valence-electron chi connectivity index (χ1n) is 11.4. The maximum atomic E-state index is 13.8. The number of rotatable bonds is 11. The van der Waals surface area contributed by atoms with E-state index in [-0.39, 0.29) is 18.4 Å². The van der Waals surface area contributed by atoms with Gasteiger partial charge in [-0.3, -0.25) is 23.7 Å². The molecule has 1 heterocycles. The van der Waals surface area contributed by atoms with Crippen LogP contribution in [-0.2, 0) is 18.6 Å². The van der Waals surface area contributed by atoms with Crippen LogP contribution < -0.4 is 20.9 Å². The van der Waals surface area contributed by atoms with Crippen molar-refractivity contribution in [1.82, 2.24) is 14.6 Å². The second kappa shape index (κ2) is 10.7. The van der Waals surface area contributed by atoms with E-state index in [1.54, 1.807) is 51.1 Å². The fraction of sp³-hybridized carbons (Fsp3) is 0.522. The van der Waals surface area contributed by atoms with Crippen LogP contribution >= 0.6 is 19.3 Å². The van der Waals surface area contributed by atoms with Crippen LogP contribution in [0.3, 0.4) is 0 Å². The van der Waals surface area contributed by atoms with E-state index in [0.717, 1.165) is 0 Å². The van der Waals surface area contributed by atoms with E-state index in [0.29, 0.717) is 5.75 Å². The number of H-pyrrole nitrogens is 1. The van der Waals surface area contributed by atoms with E-state index in [4.69, 9.17) is 25.4 Å². The minimum atomic E-state index is -4.06. The van der Waals surface area contributed by atoms with Crippen molar-refractivity contribution in [3.05, 3.63) is 63.4 Å². The monoisotopic (exact) mass is 527 g/mol. The number of carbonyl (C=O) groups is 1. The van der Waals surface area contributed by atoms with Crippen LogP contribution in [-0.4, -0.2) is 39.1 Å². The number of halogens is 1. The number of hydrogen-bond donors (Lipinski definition) is 2. The van der Waals surface area contributed by atoms with E-state index in [1.807, 2.05) is 6.92 Å². The summed E-state index contributed by atoms with van der Waals surface area (Å²) in [4.78, 5) is 37.1. The highest BCUT2D eigenvalue weighted by Gasteiger charge is 2.62. The lowest BCUT2D eigenvalue weighted by Gasteiger charge is -2.31. The Morgan fingerprint density at radius 3 is 2.51 bits per heavy atom. The first-order valence-corrected chi connectivity index (χ1v) is 13.3.